The quantitative estimate of drug-likeness (QED) is 0.291. The van der Waals surface area contributed by atoms with E-state index in [0.717, 1.165) is 12.0 Å². The van der Waals surface area contributed by atoms with Gasteiger partial charge in [0, 0.05) is 35.6 Å². The molecule has 0 aromatic heterocycles. The van der Waals surface area contributed by atoms with Crippen molar-refractivity contribution >= 4 is 46.8 Å². The molecule has 3 amide bonds. The summed E-state index contributed by atoms with van der Waals surface area (Å²) in [5.74, 6) is -1.54. The monoisotopic (exact) mass is 635 g/mol. The summed E-state index contributed by atoms with van der Waals surface area (Å²) < 4.78 is -0.776. The number of aliphatic hydroxyl groups is 1. The molecule has 2 aromatic rings. The van der Waals surface area contributed by atoms with E-state index < -0.39 is 28.7 Å². The molecule has 2 bridgehead atoms. The Balaban J connectivity index is 1.57. The van der Waals surface area contributed by atoms with Gasteiger partial charge in [0.15, 0.2) is 0 Å². The maximum atomic E-state index is 14.8. The van der Waals surface area contributed by atoms with Gasteiger partial charge in [0.2, 0.25) is 11.8 Å². The third kappa shape index (κ3) is 5.84. The maximum Gasteiger partial charge on any atom is 0.251 e. The fourth-order valence-electron chi connectivity index (χ4n) is 7.49. The van der Waals surface area contributed by atoms with Crippen molar-refractivity contribution in [2.24, 2.45) is 17.8 Å². The highest BCUT2D eigenvalue weighted by molar-refractivity contribution is 8.02. The van der Waals surface area contributed by atoms with Gasteiger partial charge in [-0.25, -0.2) is 0 Å². The summed E-state index contributed by atoms with van der Waals surface area (Å²) in [6.45, 7) is 12.6. The summed E-state index contributed by atoms with van der Waals surface area (Å²) in [6.07, 6.45) is 5.32. The number of amides is 3. The number of benzene rings is 2. The van der Waals surface area contributed by atoms with Crippen LogP contribution in [-0.4, -0.2) is 74.4 Å². The molecule has 2 aromatic carbocycles. The lowest BCUT2D eigenvalue weighted by Crippen LogP contribution is -2.58. The number of anilines is 1. The lowest BCUT2D eigenvalue weighted by Gasteiger charge is -2.40. The third-order valence-corrected chi connectivity index (χ3v) is 11.4. The first-order valence-electron chi connectivity index (χ1n) is 15.4. The minimum atomic E-state index is -0.832. The van der Waals surface area contributed by atoms with Crippen molar-refractivity contribution in [1.29, 1.82) is 0 Å². The average molecular weight is 636 g/mol. The number of aliphatic hydroxyl groups excluding tert-OH is 1. The van der Waals surface area contributed by atoms with E-state index in [2.05, 4.69) is 13.2 Å². The van der Waals surface area contributed by atoms with E-state index in [-0.39, 0.29) is 42.0 Å². The highest BCUT2D eigenvalue weighted by Crippen LogP contribution is 2.67. The van der Waals surface area contributed by atoms with Gasteiger partial charge in [0.25, 0.3) is 5.91 Å². The molecule has 3 heterocycles. The van der Waals surface area contributed by atoms with Crippen LogP contribution in [0.2, 0.25) is 5.02 Å². The van der Waals surface area contributed by atoms with E-state index in [1.54, 1.807) is 62.9 Å². The van der Waals surface area contributed by atoms with Crippen LogP contribution in [0.1, 0.15) is 38.7 Å². The number of halogens is 1. The number of thioether (sulfide) groups is 1. The molecule has 234 valence electrons. The Kier molecular flexibility index (Phi) is 9.93. The molecule has 7 nitrogen and oxygen atoms in total. The normalized spacial score (nSPS) is 26.0. The summed E-state index contributed by atoms with van der Waals surface area (Å²) in [5, 5.41) is 11.1. The Morgan fingerprint density at radius 1 is 1.09 bits per heavy atom. The minimum Gasteiger partial charge on any atom is -0.394 e. The average Bonchev–Trinajstić information content (AvgIpc) is 3.66. The third-order valence-electron chi connectivity index (χ3n) is 9.20. The van der Waals surface area contributed by atoms with E-state index in [4.69, 9.17) is 11.6 Å². The largest absolute Gasteiger partial charge is 0.394 e. The Morgan fingerprint density at radius 2 is 1.77 bits per heavy atom. The standard InChI is InChI=1S/C35H42ClN3O4S/c1-5-18-37(21-24-10-8-7-9-11-24)32(41)29-28-16-17-35(44-28)30(29)33(42)39(27(22-40)20-23(3)4)31(35)34(43)38(19-6-2)26-14-12-25(36)13-15-26/h5-15,23,27-31,40H,1-2,16-22H2,3-4H3/t27-,28+,29-,30+,31?,35?/m1/s1. The second-order valence-electron chi connectivity index (χ2n) is 12.5. The Hall–Kier alpha value is -3.07. The van der Waals surface area contributed by atoms with Gasteiger partial charge in [-0.3, -0.25) is 14.4 Å². The summed E-state index contributed by atoms with van der Waals surface area (Å²) >= 11 is 7.81. The van der Waals surface area contributed by atoms with Crippen LogP contribution in [0.3, 0.4) is 0 Å². The Bertz CT molecular complexity index is 1390. The molecule has 0 saturated carbocycles. The van der Waals surface area contributed by atoms with Crippen LogP contribution in [0.25, 0.3) is 0 Å². The number of carbonyl (C=O) groups excluding carboxylic acids is 3. The van der Waals surface area contributed by atoms with Crippen molar-refractivity contribution in [2.45, 2.75) is 61.7 Å². The predicted molar refractivity (Wildman–Crippen MR) is 177 cm³/mol. The van der Waals surface area contributed by atoms with Crippen LogP contribution in [0, 0.1) is 17.8 Å². The first-order chi connectivity index (χ1) is 21.2. The zero-order valence-corrected chi connectivity index (χ0v) is 27.1. The number of hydrogen-bond donors (Lipinski definition) is 1. The summed E-state index contributed by atoms with van der Waals surface area (Å²) in [4.78, 5) is 49.0. The highest BCUT2D eigenvalue weighted by Gasteiger charge is 2.74. The lowest BCUT2D eigenvalue weighted by atomic mass is 9.70. The molecule has 9 heteroatoms. The molecule has 5 rings (SSSR count). The first kappa shape index (κ1) is 32.3. The highest BCUT2D eigenvalue weighted by atomic mass is 35.5. The molecule has 44 heavy (non-hydrogen) atoms. The van der Waals surface area contributed by atoms with Gasteiger partial charge < -0.3 is 19.8 Å². The Morgan fingerprint density at radius 3 is 2.39 bits per heavy atom. The minimum absolute atomic E-state index is 0.0712. The van der Waals surface area contributed by atoms with Crippen molar-refractivity contribution in [1.82, 2.24) is 9.80 Å². The summed E-state index contributed by atoms with van der Waals surface area (Å²) in [5.41, 5.74) is 1.65. The topological polar surface area (TPSA) is 81.2 Å². The SMILES string of the molecule is C=CCN(Cc1ccccc1)C(=O)[C@@H]1[C@@H]2CCC3(S2)C(C(=O)N(CC=C)c2ccc(Cl)cc2)N([C@@H](CO)CC(C)C)C(=O)[C@H]13. The smallest absolute Gasteiger partial charge is 0.251 e. The molecule has 3 aliphatic rings. The molecule has 0 radical (unpaired) electrons. The Labute approximate surface area is 269 Å². The first-order valence-corrected chi connectivity index (χ1v) is 16.6. The number of nitrogens with zero attached hydrogens (tertiary/aromatic N) is 3. The van der Waals surface area contributed by atoms with E-state index in [0.29, 0.717) is 36.6 Å². The number of likely N-dealkylation sites (tertiary alicyclic amines) is 1. The number of carbonyl (C=O) groups is 3. The molecule has 3 aliphatic heterocycles. The van der Waals surface area contributed by atoms with Gasteiger partial charge in [-0.2, -0.15) is 0 Å². The number of fused-ring (bicyclic) bond motifs is 1. The van der Waals surface area contributed by atoms with Crippen LogP contribution < -0.4 is 4.90 Å². The second-order valence-corrected chi connectivity index (χ2v) is 14.5. The van der Waals surface area contributed by atoms with Crippen molar-refractivity contribution in [3.8, 4) is 0 Å². The molecule has 1 N–H and O–H groups in total. The lowest BCUT2D eigenvalue weighted by molar-refractivity contribution is -0.145. The summed E-state index contributed by atoms with van der Waals surface area (Å²) in [6, 6.07) is 15.5. The molecular formula is C35H42ClN3O4S. The van der Waals surface area contributed by atoms with Gasteiger partial charge in [0.05, 0.1) is 29.2 Å². The van der Waals surface area contributed by atoms with Crippen LogP contribution in [0.15, 0.2) is 79.9 Å². The second kappa shape index (κ2) is 13.5. The van der Waals surface area contributed by atoms with Gasteiger partial charge in [-0.1, -0.05) is 67.9 Å². The van der Waals surface area contributed by atoms with Gasteiger partial charge in [-0.05, 0) is 55.0 Å². The van der Waals surface area contributed by atoms with Crippen LogP contribution in [0.5, 0.6) is 0 Å². The molecule has 1 spiro atoms. The van der Waals surface area contributed by atoms with Gasteiger partial charge >= 0.3 is 0 Å². The van der Waals surface area contributed by atoms with Crippen molar-refractivity contribution in [2.75, 3.05) is 24.6 Å². The summed E-state index contributed by atoms with van der Waals surface area (Å²) in [7, 11) is 0. The zero-order valence-electron chi connectivity index (χ0n) is 25.5. The van der Waals surface area contributed by atoms with Crippen molar-refractivity contribution in [3.05, 3.63) is 90.5 Å². The zero-order chi connectivity index (χ0) is 31.6. The fraction of sp³-hybridized carbons (Fsp3) is 0.457. The number of hydrogen-bond acceptors (Lipinski definition) is 5. The van der Waals surface area contributed by atoms with Crippen LogP contribution in [-0.2, 0) is 20.9 Å². The predicted octanol–water partition coefficient (Wildman–Crippen LogP) is 5.57. The fourth-order valence-corrected chi connectivity index (χ4v) is 9.81. The number of rotatable bonds is 13. The van der Waals surface area contributed by atoms with E-state index in [9.17, 15) is 19.5 Å². The van der Waals surface area contributed by atoms with Gasteiger partial charge in [0.1, 0.15) is 6.04 Å². The molecular weight excluding hydrogens is 594 g/mol. The van der Waals surface area contributed by atoms with Crippen LogP contribution in [0.4, 0.5) is 5.69 Å². The molecule has 0 aliphatic carbocycles. The van der Waals surface area contributed by atoms with Crippen molar-refractivity contribution in [3.63, 3.8) is 0 Å². The van der Waals surface area contributed by atoms with Gasteiger partial charge in [-0.15, -0.1) is 24.9 Å². The van der Waals surface area contributed by atoms with E-state index in [1.807, 2.05) is 44.2 Å². The van der Waals surface area contributed by atoms with Crippen molar-refractivity contribution < 1.29 is 19.5 Å². The van der Waals surface area contributed by atoms with E-state index >= 15 is 0 Å². The van der Waals surface area contributed by atoms with Crippen LogP contribution >= 0.6 is 23.4 Å². The molecule has 6 atom stereocenters. The molecule has 3 fully saturated rings. The molecule has 3 saturated heterocycles. The van der Waals surface area contributed by atoms with E-state index in [1.165, 1.54) is 0 Å². The maximum absolute atomic E-state index is 14.8. The molecule has 2 unspecified atom stereocenters.